The summed E-state index contributed by atoms with van der Waals surface area (Å²) in [5, 5.41) is 7.77. The van der Waals surface area contributed by atoms with E-state index in [1.165, 1.54) is 0 Å². The molecule has 2 aromatic heterocycles. The first-order valence-corrected chi connectivity index (χ1v) is 7.44. The molecule has 3 heterocycles. The number of aromatic nitrogens is 3. The summed E-state index contributed by atoms with van der Waals surface area (Å²) in [6, 6.07) is 5.83. The Morgan fingerprint density at radius 3 is 2.55 bits per heavy atom. The molecule has 7 nitrogen and oxygen atoms in total. The molecule has 0 aliphatic carbocycles. The summed E-state index contributed by atoms with van der Waals surface area (Å²) in [6.07, 6.45) is 1.78. The van der Waals surface area contributed by atoms with Gasteiger partial charge in [-0.15, -0.1) is 10.2 Å². The normalized spacial score (nSPS) is 15.4. The summed E-state index contributed by atoms with van der Waals surface area (Å²) >= 11 is 0. The van der Waals surface area contributed by atoms with E-state index in [0.29, 0.717) is 19.0 Å². The Morgan fingerprint density at radius 1 is 1.18 bits per heavy atom. The van der Waals surface area contributed by atoms with Crippen LogP contribution in [0.5, 0.6) is 0 Å². The highest BCUT2D eigenvalue weighted by Gasteiger charge is 2.26. The number of rotatable bonds is 3. The zero-order valence-corrected chi connectivity index (χ0v) is 12.8. The number of amides is 1. The molecule has 116 valence electrons. The van der Waals surface area contributed by atoms with Crippen molar-refractivity contribution < 1.29 is 9.21 Å². The van der Waals surface area contributed by atoms with E-state index in [4.69, 9.17) is 4.42 Å². The fourth-order valence-corrected chi connectivity index (χ4v) is 2.37. The minimum atomic E-state index is -0.194. The van der Waals surface area contributed by atoms with Crippen LogP contribution >= 0.6 is 0 Å². The van der Waals surface area contributed by atoms with Crippen molar-refractivity contribution >= 4 is 11.7 Å². The third-order valence-corrected chi connectivity index (χ3v) is 3.66. The number of pyridine rings is 1. The number of anilines is 1. The lowest BCUT2D eigenvalue weighted by molar-refractivity contribution is 0.0704. The quantitative estimate of drug-likeness (QED) is 0.856. The number of hydrogen-bond acceptors (Lipinski definition) is 6. The van der Waals surface area contributed by atoms with Gasteiger partial charge in [0.1, 0.15) is 5.82 Å². The highest BCUT2D eigenvalue weighted by molar-refractivity contribution is 5.89. The van der Waals surface area contributed by atoms with Crippen molar-refractivity contribution in [2.45, 2.75) is 19.8 Å². The van der Waals surface area contributed by atoms with Crippen molar-refractivity contribution in [3.05, 3.63) is 36.2 Å². The molecule has 0 N–H and O–H groups in total. The monoisotopic (exact) mass is 301 g/mol. The summed E-state index contributed by atoms with van der Waals surface area (Å²) in [5.41, 5.74) is 0. The average Bonchev–Trinajstić information content (AvgIpc) is 3.05. The molecule has 0 unspecified atom stereocenters. The fraction of sp³-hybridized carbons (Fsp3) is 0.467. The van der Waals surface area contributed by atoms with Crippen LogP contribution in [-0.4, -0.2) is 52.2 Å². The molecule has 3 rings (SSSR count). The van der Waals surface area contributed by atoms with E-state index in [1.807, 2.05) is 32.0 Å². The van der Waals surface area contributed by atoms with Gasteiger partial charge < -0.3 is 14.2 Å². The van der Waals surface area contributed by atoms with Crippen LogP contribution in [0, 0.1) is 0 Å². The van der Waals surface area contributed by atoms with Crippen molar-refractivity contribution in [2.24, 2.45) is 0 Å². The van der Waals surface area contributed by atoms with Crippen LogP contribution in [0.15, 0.2) is 28.8 Å². The Bertz CT molecular complexity index is 632. The van der Waals surface area contributed by atoms with E-state index in [2.05, 4.69) is 20.1 Å². The van der Waals surface area contributed by atoms with Crippen LogP contribution in [-0.2, 0) is 0 Å². The maximum Gasteiger partial charge on any atom is 0.311 e. The summed E-state index contributed by atoms with van der Waals surface area (Å²) in [6.45, 7) is 6.63. The Labute approximate surface area is 129 Å². The molecular formula is C15H19N5O2. The molecule has 0 radical (unpaired) electrons. The van der Waals surface area contributed by atoms with Crippen LogP contribution in [0.2, 0.25) is 0 Å². The molecule has 1 fully saturated rings. The molecule has 0 aromatic carbocycles. The number of hydrogen-bond donors (Lipinski definition) is 0. The molecule has 1 saturated heterocycles. The van der Waals surface area contributed by atoms with E-state index < -0.39 is 0 Å². The van der Waals surface area contributed by atoms with Gasteiger partial charge in [0.05, 0.1) is 0 Å². The standard InChI is InChI=1S/C15H19N5O2/c1-11(2)13-17-18-14(22-13)15(21)20-9-7-19(8-10-20)12-5-3-4-6-16-12/h3-6,11H,7-10H2,1-2H3. The first-order chi connectivity index (χ1) is 10.6. The first-order valence-electron chi connectivity index (χ1n) is 7.44. The van der Waals surface area contributed by atoms with Gasteiger partial charge in [0, 0.05) is 38.3 Å². The summed E-state index contributed by atoms with van der Waals surface area (Å²) in [5.74, 6) is 1.44. The minimum absolute atomic E-state index is 0.0787. The van der Waals surface area contributed by atoms with E-state index >= 15 is 0 Å². The molecule has 7 heteroatoms. The van der Waals surface area contributed by atoms with Crippen molar-refractivity contribution in [3.8, 4) is 0 Å². The van der Waals surface area contributed by atoms with Gasteiger partial charge in [-0.3, -0.25) is 4.79 Å². The number of nitrogens with zero attached hydrogens (tertiary/aromatic N) is 5. The van der Waals surface area contributed by atoms with Crippen LogP contribution in [0.25, 0.3) is 0 Å². The van der Waals surface area contributed by atoms with E-state index in [9.17, 15) is 4.79 Å². The second-order valence-corrected chi connectivity index (χ2v) is 5.57. The number of carbonyl (C=O) groups is 1. The number of piperazine rings is 1. The second-order valence-electron chi connectivity index (χ2n) is 5.57. The van der Waals surface area contributed by atoms with E-state index in [1.54, 1.807) is 11.1 Å². The van der Waals surface area contributed by atoms with Crippen LogP contribution in [0.4, 0.5) is 5.82 Å². The van der Waals surface area contributed by atoms with Gasteiger partial charge in [0.15, 0.2) is 0 Å². The summed E-state index contributed by atoms with van der Waals surface area (Å²) < 4.78 is 5.43. The molecule has 1 aliphatic heterocycles. The predicted molar refractivity (Wildman–Crippen MR) is 80.7 cm³/mol. The van der Waals surface area contributed by atoms with Gasteiger partial charge in [-0.05, 0) is 12.1 Å². The van der Waals surface area contributed by atoms with Gasteiger partial charge in [-0.2, -0.15) is 0 Å². The summed E-state index contributed by atoms with van der Waals surface area (Å²) in [7, 11) is 0. The Hall–Kier alpha value is -2.44. The van der Waals surface area contributed by atoms with Crippen LogP contribution < -0.4 is 4.90 Å². The molecule has 1 amide bonds. The van der Waals surface area contributed by atoms with Crippen molar-refractivity contribution in [3.63, 3.8) is 0 Å². The van der Waals surface area contributed by atoms with E-state index in [0.717, 1.165) is 18.9 Å². The van der Waals surface area contributed by atoms with Gasteiger partial charge in [0.25, 0.3) is 0 Å². The highest BCUT2D eigenvalue weighted by Crippen LogP contribution is 2.16. The molecule has 0 spiro atoms. The van der Waals surface area contributed by atoms with Gasteiger partial charge in [-0.25, -0.2) is 4.98 Å². The molecular weight excluding hydrogens is 282 g/mol. The lowest BCUT2D eigenvalue weighted by Crippen LogP contribution is -2.49. The smallest absolute Gasteiger partial charge is 0.311 e. The Balaban J connectivity index is 1.62. The molecule has 0 saturated carbocycles. The summed E-state index contributed by atoms with van der Waals surface area (Å²) in [4.78, 5) is 20.6. The zero-order chi connectivity index (χ0) is 15.5. The Morgan fingerprint density at radius 2 is 1.95 bits per heavy atom. The lowest BCUT2D eigenvalue weighted by atomic mass is 10.2. The molecule has 0 atom stereocenters. The molecule has 2 aromatic rings. The maximum absolute atomic E-state index is 12.4. The first kappa shape index (κ1) is 14.5. The predicted octanol–water partition coefficient (Wildman–Crippen LogP) is 1.55. The maximum atomic E-state index is 12.4. The van der Waals surface area contributed by atoms with Crippen LogP contribution in [0.1, 0.15) is 36.3 Å². The van der Waals surface area contributed by atoms with Gasteiger partial charge in [0.2, 0.25) is 5.89 Å². The van der Waals surface area contributed by atoms with Crippen molar-refractivity contribution in [1.29, 1.82) is 0 Å². The zero-order valence-electron chi connectivity index (χ0n) is 12.8. The van der Waals surface area contributed by atoms with Gasteiger partial charge >= 0.3 is 11.8 Å². The Kier molecular flexibility index (Phi) is 4.04. The third kappa shape index (κ3) is 2.93. The van der Waals surface area contributed by atoms with E-state index in [-0.39, 0.29) is 17.7 Å². The second kappa shape index (κ2) is 6.13. The third-order valence-electron chi connectivity index (χ3n) is 3.66. The largest absolute Gasteiger partial charge is 0.417 e. The van der Waals surface area contributed by atoms with Crippen molar-refractivity contribution in [1.82, 2.24) is 20.1 Å². The lowest BCUT2D eigenvalue weighted by Gasteiger charge is -2.34. The molecule has 1 aliphatic rings. The SMILES string of the molecule is CC(C)c1nnc(C(=O)N2CCN(c3ccccn3)CC2)o1. The highest BCUT2D eigenvalue weighted by atomic mass is 16.4. The van der Waals surface area contributed by atoms with Crippen LogP contribution in [0.3, 0.4) is 0 Å². The fourth-order valence-electron chi connectivity index (χ4n) is 2.37. The van der Waals surface area contributed by atoms with Crippen molar-refractivity contribution in [2.75, 3.05) is 31.1 Å². The molecule has 22 heavy (non-hydrogen) atoms. The van der Waals surface area contributed by atoms with Gasteiger partial charge in [-0.1, -0.05) is 19.9 Å². The average molecular weight is 301 g/mol. The molecule has 0 bridgehead atoms. The topological polar surface area (TPSA) is 75.4 Å². The number of carbonyl (C=O) groups excluding carboxylic acids is 1. The minimum Gasteiger partial charge on any atom is -0.417 e.